The van der Waals surface area contributed by atoms with Gasteiger partial charge in [-0.3, -0.25) is 4.79 Å². The molecule has 4 nitrogen and oxygen atoms in total. The van der Waals surface area contributed by atoms with Gasteiger partial charge in [0.25, 0.3) is 0 Å². The molecule has 0 saturated carbocycles. The monoisotopic (exact) mass is 394 g/mol. The number of hydrogen-bond donors (Lipinski definition) is 1. The molecule has 1 aliphatic rings. The lowest BCUT2D eigenvalue weighted by molar-refractivity contribution is -0.142. The predicted octanol–water partition coefficient (Wildman–Crippen LogP) is 4.83. The van der Waals surface area contributed by atoms with E-state index in [1.165, 1.54) is 0 Å². The van der Waals surface area contributed by atoms with Gasteiger partial charge in [-0.15, -0.1) is 0 Å². The van der Waals surface area contributed by atoms with Crippen LogP contribution in [0.3, 0.4) is 0 Å². The van der Waals surface area contributed by atoms with Crippen molar-refractivity contribution in [1.82, 2.24) is 0 Å². The quantitative estimate of drug-likeness (QED) is 0.701. The third kappa shape index (κ3) is 3.36. The molecule has 0 aromatic heterocycles. The summed E-state index contributed by atoms with van der Waals surface area (Å²) < 4.78 is 11.9. The van der Waals surface area contributed by atoms with E-state index in [-0.39, 0.29) is 18.1 Å². The van der Waals surface area contributed by atoms with E-state index in [0.29, 0.717) is 16.8 Å². The van der Waals surface area contributed by atoms with Crippen LogP contribution in [-0.4, -0.2) is 23.3 Å². The number of esters is 1. The molecule has 0 bridgehead atoms. The summed E-state index contributed by atoms with van der Waals surface area (Å²) in [7, 11) is 0. The maximum atomic E-state index is 11.8. The fourth-order valence-electron chi connectivity index (χ4n) is 3.07. The minimum absolute atomic E-state index is 0.135. The standard InChI is InChI=1S/C19H23BrO4/c1-5-14-12(3)17(20)18(22)19(14,4)24-15-10-8-7-9-13(15)11-16(21)23-6-2/h7-10,22H,5-6,11H2,1-4H3. The fourth-order valence-corrected chi connectivity index (χ4v) is 3.69. The van der Waals surface area contributed by atoms with Gasteiger partial charge in [0, 0.05) is 5.56 Å². The number of aliphatic hydroxyl groups excluding tert-OH is 1. The van der Waals surface area contributed by atoms with Crippen LogP contribution in [0.4, 0.5) is 0 Å². The van der Waals surface area contributed by atoms with E-state index in [9.17, 15) is 9.90 Å². The Kier molecular flexibility index (Phi) is 5.75. The highest BCUT2D eigenvalue weighted by Crippen LogP contribution is 2.46. The van der Waals surface area contributed by atoms with Crippen molar-refractivity contribution < 1.29 is 19.4 Å². The highest BCUT2D eigenvalue weighted by atomic mass is 79.9. The van der Waals surface area contributed by atoms with E-state index >= 15 is 0 Å². The number of halogens is 1. The van der Waals surface area contributed by atoms with Gasteiger partial charge >= 0.3 is 5.97 Å². The fraction of sp³-hybridized carbons (Fsp3) is 0.421. The van der Waals surface area contributed by atoms with E-state index in [4.69, 9.17) is 9.47 Å². The summed E-state index contributed by atoms with van der Waals surface area (Å²) in [5.41, 5.74) is 1.79. The molecule has 0 fully saturated rings. The maximum absolute atomic E-state index is 11.8. The van der Waals surface area contributed by atoms with Gasteiger partial charge in [0.1, 0.15) is 5.75 Å². The molecule has 1 aromatic rings. The highest BCUT2D eigenvalue weighted by Gasteiger charge is 2.43. The minimum Gasteiger partial charge on any atom is -0.507 e. The molecule has 24 heavy (non-hydrogen) atoms. The number of hydrogen-bond acceptors (Lipinski definition) is 4. The van der Waals surface area contributed by atoms with Crippen molar-refractivity contribution in [1.29, 1.82) is 0 Å². The Morgan fingerprint density at radius 1 is 1.29 bits per heavy atom. The van der Waals surface area contributed by atoms with E-state index in [0.717, 1.165) is 23.1 Å². The van der Waals surface area contributed by atoms with Crippen molar-refractivity contribution in [2.75, 3.05) is 6.61 Å². The van der Waals surface area contributed by atoms with Gasteiger partial charge in [0.15, 0.2) is 11.4 Å². The van der Waals surface area contributed by atoms with Crippen molar-refractivity contribution in [2.24, 2.45) is 0 Å². The van der Waals surface area contributed by atoms with Crippen molar-refractivity contribution in [3.05, 3.63) is 51.2 Å². The lowest BCUT2D eigenvalue weighted by Crippen LogP contribution is -2.35. The molecule has 0 aliphatic heterocycles. The summed E-state index contributed by atoms with van der Waals surface area (Å²) in [5.74, 6) is 0.428. The summed E-state index contributed by atoms with van der Waals surface area (Å²) in [6.45, 7) is 7.96. The first-order valence-electron chi connectivity index (χ1n) is 8.07. The zero-order chi connectivity index (χ0) is 17.9. The smallest absolute Gasteiger partial charge is 0.310 e. The summed E-state index contributed by atoms with van der Waals surface area (Å²) in [6.07, 6.45) is 0.886. The van der Waals surface area contributed by atoms with Gasteiger partial charge in [-0.05, 0) is 60.3 Å². The first kappa shape index (κ1) is 18.6. The molecule has 0 saturated heterocycles. The molecule has 5 heteroatoms. The average Bonchev–Trinajstić information content (AvgIpc) is 2.70. The zero-order valence-corrected chi connectivity index (χ0v) is 16.1. The van der Waals surface area contributed by atoms with E-state index in [2.05, 4.69) is 15.9 Å². The third-order valence-electron chi connectivity index (χ3n) is 4.30. The van der Waals surface area contributed by atoms with Crippen LogP contribution in [0.25, 0.3) is 0 Å². The zero-order valence-electron chi connectivity index (χ0n) is 14.5. The van der Waals surface area contributed by atoms with E-state index < -0.39 is 5.60 Å². The second-order valence-corrected chi connectivity index (χ2v) is 6.64. The van der Waals surface area contributed by atoms with Gasteiger partial charge in [-0.1, -0.05) is 25.1 Å². The van der Waals surface area contributed by atoms with E-state index in [1.54, 1.807) is 6.92 Å². The minimum atomic E-state index is -0.942. The second-order valence-electron chi connectivity index (χ2n) is 5.84. The van der Waals surface area contributed by atoms with Crippen LogP contribution in [0.1, 0.15) is 39.7 Å². The van der Waals surface area contributed by atoms with Gasteiger partial charge in [0.05, 0.1) is 17.5 Å². The third-order valence-corrected chi connectivity index (χ3v) is 5.27. The largest absolute Gasteiger partial charge is 0.507 e. The van der Waals surface area contributed by atoms with Crippen molar-refractivity contribution in [3.8, 4) is 5.75 Å². The van der Waals surface area contributed by atoms with Crippen LogP contribution in [0.5, 0.6) is 5.75 Å². The molecule has 130 valence electrons. The SMILES string of the molecule is CCOC(=O)Cc1ccccc1OC1(C)C(O)=C(Br)C(C)=C1CC. The van der Waals surface area contributed by atoms with Gasteiger partial charge in [-0.25, -0.2) is 0 Å². The summed E-state index contributed by atoms with van der Waals surface area (Å²) in [6, 6.07) is 7.34. The number of carbonyl (C=O) groups is 1. The Morgan fingerprint density at radius 3 is 2.58 bits per heavy atom. The number of para-hydroxylation sites is 1. The summed E-state index contributed by atoms with van der Waals surface area (Å²) >= 11 is 3.44. The van der Waals surface area contributed by atoms with Crippen LogP contribution in [-0.2, 0) is 16.0 Å². The normalized spacial score (nSPS) is 20.5. The number of benzene rings is 1. The molecule has 1 atom stereocenters. The topological polar surface area (TPSA) is 55.8 Å². The second kappa shape index (κ2) is 7.43. The Morgan fingerprint density at radius 2 is 1.96 bits per heavy atom. The molecule has 0 amide bonds. The van der Waals surface area contributed by atoms with Crippen molar-refractivity contribution in [3.63, 3.8) is 0 Å². The number of allylic oxidation sites excluding steroid dienone is 2. The molecule has 0 radical (unpaired) electrons. The predicted molar refractivity (Wildman–Crippen MR) is 97.4 cm³/mol. The molecule has 1 N–H and O–H groups in total. The molecule has 1 unspecified atom stereocenters. The average molecular weight is 395 g/mol. The first-order chi connectivity index (χ1) is 11.3. The van der Waals surface area contributed by atoms with Crippen molar-refractivity contribution in [2.45, 2.75) is 46.1 Å². The number of aliphatic hydroxyl groups is 1. The Bertz CT molecular complexity index is 705. The van der Waals surface area contributed by atoms with Crippen LogP contribution in [0.15, 0.2) is 45.7 Å². The lowest BCUT2D eigenvalue weighted by atomic mass is 9.93. The number of carbonyl (C=O) groups excluding carboxylic acids is 1. The Hall–Kier alpha value is -1.75. The van der Waals surface area contributed by atoms with E-state index in [1.807, 2.05) is 45.0 Å². The maximum Gasteiger partial charge on any atom is 0.310 e. The van der Waals surface area contributed by atoms with Crippen molar-refractivity contribution >= 4 is 21.9 Å². The lowest BCUT2D eigenvalue weighted by Gasteiger charge is -2.30. The molecule has 1 aromatic carbocycles. The number of ether oxygens (including phenoxy) is 2. The molecule has 2 rings (SSSR count). The summed E-state index contributed by atoms with van der Waals surface area (Å²) in [4.78, 5) is 11.8. The Labute approximate surface area is 151 Å². The van der Waals surface area contributed by atoms with Gasteiger partial charge in [0.2, 0.25) is 0 Å². The molecule has 1 aliphatic carbocycles. The molecule has 0 spiro atoms. The van der Waals surface area contributed by atoms with Crippen LogP contribution in [0.2, 0.25) is 0 Å². The van der Waals surface area contributed by atoms with Gasteiger partial charge < -0.3 is 14.6 Å². The number of rotatable bonds is 6. The van der Waals surface area contributed by atoms with Gasteiger partial charge in [-0.2, -0.15) is 0 Å². The first-order valence-corrected chi connectivity index (χ1v) is 8.86. The van der Waals surface area contributed by atoms with Crippen LogP contribution >= 0.6 is 15.9 Å². The molecular formula is C19H23BrO4. The van der Waals surface area contributed by atoms with Crippen LogP contribution in [0, 0.1) is 0 Å². The molecule has 0 heterocycles. The van der Waals surface area contributed by atoms with Crippen LogP contribution < -0.4 is 4.74 Å². The molecular weight excluding hydrogens is 372 g/mol. The highest BCUT2D eigenvalue weighted by molar-refractivity contribution is 9.12. The summed E-state index contributed by atoms with van der Waals surface area (Å²) in [5, 5.41) is 10.6. The Balaban J connectivity index is 2.36.